The van der Waals surface area contributed by atoms with Crippen molar-refractivity contribution in [2.24, 2.45) is 0 Å². The first-order valence-corrected chi connectivity index (χ1v) is 6.83. The van der Waals surface area contributed by atoms with Crippen LogP contribution in [0.25, 0.3) is 0 Å². The second kappa shape index (κ2) is 5.28. The molecule has 1 rings (SSSR count). The smallest absolute Gasteiger partial charge is 0.395 e. The van der Waals surface area contributed by atoms with Gasteiger partial charge < -0.3 is 10.4 Å². The molecule has 4 nitrogen and oxygen atoms in total. The highest BCUT2D eigenvalue weighted by Gasteiger charge is 2.44. The van der Waals surface area contributed by atoms with E-state index in [-0.39, 0.29) is 18.8 Å². The average molecular weight is 330 g/mol. The Balaban J connectivity index is 3.23. The van der Waals surface area contributed by atoms with Crippen molar-refractivity contribution in [2.75, 3.05) is 18.5 Å². The van der Waals surface area contributed by atoms with Gasteiger partial charge in [-0.3, -0.25) is 0 Å². The first-order chi connectivity index (χ1) is 7.80. The van der Waals surface area contributed by atoms with Gasteiger partial charge in [-0.1, -0.05) is 12.1 Å². The molecule has 0 aliphatic rings. The lowest BCUT2D eigenvalue weighted by molar-refractivity contribution is 0.204. The Bertz CT molecular complexity index is 487. The molecule has 1 aromatic rings. The summed E-state index contributed by atoms with van der Waals surface area (Å²) in [6, 6.07) is 5.27. The fraction of sp³-hybridized carbons (Fsp3) is 0.333. The van der Waals surface area contributed by atoms with Crippen LogP contribution >= 0.6 is 15.9 Å². The van der Waals surface area contributed by atoms with Gasteiger partial charge in [-0.2, -0.15) is 8.78 Å². The topological polar surface area (TPSA) is 66.4 Å². The summed E-state index contributed by atoms with van der Waals surface area (Å²) in [7, 11) is -4.80. The molecule has 17 heavy (non-hydrogen) atoms. The lowest BCUT2D eigenvalue weighted by Gasteiger charge is -2.14. The van der Waals surface area contributed by atoms with Crippen LogP contribution < -0.4 is 5.32 Å². The minimum atomic E-state index is -4.80. The lowest BCUT2D eigenvalue weighted by Crippen LogP contribution is -2.23. The van der Waals surface area contributed by atoms with Crippen molar-refractivity contribution in [3.63, 3.8) is 0 Å². The van der Waals surface area contributed by atoms with Gasteiger partial charge in [-0.25, -0.2) is 8.42 Å². The summed E-state index contributed by atoms with van der Waals surface area (Å²) in [5.41, 5.74) is 0.0284. The van der Waals surface area contributed by atoms with Crippen molar-refractivity contribution in [3.8, 4) is 0 Å². The van der Waals surface area contributed by atoms with E-state index in [0.29, 0.717) is 0 Å². The lowest BCUT2D eigenvalue weighted by atomic mass is 10.3. The molecule has 0 radical (unpaired) electrons. The number of sulfone groups is 1. The van der Waals surface area contributed by atoms with E-state index in [2.05, 4.69) is 5.32 Å². The fourth-order valence-electron chi connectivity index (χ4n) is 1.16. The molecule has 0 atom stereocenters. The van der Waals surface area contributed by atoms with Crippen LogP contribution in [0.2, 0.25) is 0 Å². The van der Waals surface area contributed by atoms with Gasteiger partial charge in [-0.15, -0.1) is 0 Å². The van der Waals surface area contributed by atoms with E-state index in [1.165, 1.54) is 18.2 Å². The van der Waals surface area contributed by atoms with E-state index in [1.807, 2.05) is 15.9 Å². The van der Waals surface area contributed by atoms with Crippen LogP contribution in [0.5, 0.6) is 0 Å². The van der Waals surface area contributed by atoms with E-state index < -0.39 is 18.9 Å². The van der Waals surface area contributed by atoms with Crippen molar-refractivity contribution >= 4 is 31.5 Å². The molecule has 0 aromatic heterocycles. The van der Waals surface area contributed by atoms with Gasteiger partial charge in [-0.05, 0) is 12.1 Å². The zero-order chi connectivity index (χ0) is 13.1. The van der Waals surface area contributed by atoms with Crippen molar-refractivity contribution < 1.29 is 22.3 Å². The van der Waals surface area contributed by atoms with E-state index in [4.69, 9.17) is 5.11 Å². The molecule has 0 fully saturated rings. The predicted octanol–water partition coefficient (Wildman–Crippen LogP) is 1.81. The van der Waals surface area contributed by atoms with Crippen LogP contribution in [-0.4, -0.2) is 30.8 Å². The number of rotatable bonds is 5. The molecule has 0 aliphatic heterocycles. The van der Waals surface area contributed by atoms with Gasteiger partial charge in [0.15, 0.2) is 0 Å². The molecule has 0 spiro atoms. The molecule has 0 heterocycles. The first-order valence-electron chi connectivity index (χ1n) is 4.56. The highest BCUT2D eigenvalue weighted by Crippen LogP contribution is 2.37. The summed E-state index contributed by atoms with van der Waals surface area (Å²) in [6.07, 6.45) is 0. The summed E-state index contributed by atoms with van der Waals surface area (Å²) in [5.74, 6) is 0. The predicted molar refractivity (Wildman–Crippen MR) is 63.1 cm³/mol. The molecule has 0 saturated carbocycles. The first kappa shape index (κ1) is 14.3. The van der Waals surface area contributed by atoms with E-state index in [9.17, 15) is 17.2 Å². The standard InChI is InChI=1S/C9H10BrF2NO3S/c10-9(11,12)17(15,16)8-4-2-1-3-7(8)13-5-6-14/h1-4,13-14H,5-6H2. The Morgan fingerprint density at radius 1 is 1.35 bits per heavy atom. The SMILES string of the molecule is O=S(=O)(c1ccccc1NCCO)C(F)(F)Br. The van der Waals surface area contributed by atoms with Gasteiger partial charge >= 0.3 is 4.16 Å². The van der Waals surface area contributed by atoms with Crippen molar-refractivity contribution in [2.45, 2.75) is 9.06 Å². The van der Waals surface area contributed by atoms with Crippen molar-refractivity contribution in [1.82, 2.24) is 0 Å². The van der Waals surface area contributed by atoms with E-state index >= 15 is 0 Å². The van der Waals surface area contributed by atoms with E-state index in [1.54, 1.807) is 0 Å². The van der Waals surface area contributed by atoms with Gasteiger partial charge in [0.2, 0.25) is 0 Å². The minimum Gasteiger partial charge on any atom is -0.395 e. The normalized spacial score (nSPS) is 12.5. The Morgan fingerprint density at radius 2 is 1.94 bits per heavy atom. The number of hydrogen-bond donors (Lipinski definition) is 2. The second-order valence-electron chi connectivity index (χ2n) is 3.10. The zero-order valence-corrected chi connectivity index (χ0v) is 10.9. The van der Waals surface area contributed by atoms with Crippen molar-refractivity contribution in [1.29, 1.82) is 0 Å². The Hall–Kier alpha value is -0.730. The quantitative estimate of drug-likeness (QED) is 0.808. The molecule has 0 bridgehead atoms. The highest BCUT2D eigenvalue weighted by atomic mass is 79.9. The van der Waals surface area contributed by atoms with Crippen LogP contribution in [0.3, 0.4) is 0 Å². The van der Waals surface area contributed by atoms with E-state index in [0.717, 1.165) is 6.07 Å². The minimum absolute atomic E-state index is 0.0284. The van der Waals surface area contributed by atoms with Gasteiger partial charge in [0.1, 0.15) is 0 Å². The van der Waals surface area contributed by atoms with Gasteiger partial charge in [0, 0.05) is 22.5 Å². The number of hydrogen-bond acceptors (Lipinski definition) is 4. The number of para-hydroxylation sites is 1. The molecule has 96 valence electrons. The number of aliphatic hydroxyl groups excluding tert-OH is 1. The highest BCUT2D eigenvalue weighted by molar-refractivity contribution is 9.11. The third-order valence-corrected chi connectivity index (χ3v) is 4.73. The van der Waals surface area contributed by atoms with Crippen LogP contribution in [0.15, 0.2) is 29.2 Å². The molecule has 2 N–H and O–H groups in total. The summed E-state index contributed by atoms with van der Waals surface area (Å²) in [5, 5.41) is 11.2. The third kappa shape index (κ3) is 3.14. The molecule has 8 heteroatoms. The molecule has 1 aromatic carbocycles. The number of alkyl halides is 3. The summed E-state index contributed by atoms with van der Waals surface area (Å²) in [4.78, 5) is -0.518. The molecular weight excluding hydrogens is 320 g/mol. The number of anilines is 1. The number of aliphatic hydroxyl groups is 1. The zero-order valence-electron chi connectivity index (χ0n) is 8.53. The third-order valence-electron chi connectivity index (χ3n) is 1.91. The average Bonchev–Trinajstić information content (AvgIpc) is 2.25. The van der Waals surface area contributed by atoms with Crippen LogP contribution in [-0.2, 0) is 9.84 Å². The second-order valence-corrected chi connectivity index (χ2v) is 6.58. The summed E-state index contributed by atoms with van der Waals surface area (Å²) in [6.45, 7) is -0.167. The molecule has 0 unspecified atom stereocenters. The van der Waals surface area contributed by atoms with Crippen LogP contribution in [0.4, 0.5) is 14.5 Å². The molecular formula is C9H10BrF2NO3S. The molecule has 0 amide bonds. The maximum Gasteiger partial charge on any atom is 0.404 e. The monoisotopic (exact) mass is 329 g/mol. The van der Waals surface area contributed by atoms with Crippen LogP contribution in [0.1, 0.15) is 0 Å². The molecule has 0 saturated heterocycles. The Labute approximate surface area is 106 Å². The molecule has 0 aliphatic carbocycles. The van der Waals surface area contributed by atoms with Gasteiger partial charge in [0.05, 0.1) is 17.2 Å². The maximum atomic E-state index is 12.9. The van der Waals surface area contributed by atoms with Crippen LogP contribution in [0, 0.1) is 0 Å². The summed E-state index contributed by atoms with van der Waals surface area (Å²) < 4.78 is 44.9. The van der Waals surface area contributed by atoms with Gasteiger partial charge in [0.25, 0.3) is 9.84 Å². The summed E-state index contributed by atoms with van der Waals surface area (Å²) >= 11 is 1.84. The fourth-order valence-corrected chi connectivity index (χ4v) is 2.62. The maximum absolute atomic E-state index is 12.9. The van der Waals surface area contributed by atoms with Crippen molar-refractivity contribution in [3.05, 3.63) is 24.3 Å². The Kier molecular flexibility index (Phi) is 4.45. The Morgan fingerprint density at radius 3 is 2.47 bits per heavy atom. The number of halogens is 3. The number of benzene rings is 1. The largest absolute Gasteiger partial charge is 0.404 e. The number of nitrogens with one attached hydrogen (secondary N) is 1.